The highest BCUT2D eigenvalue weighted by molar-refractivity contribution is 5.44. The molecular weight excluding hydrogens is 186 g/mol. The van der Waals surface area contributed by atoms with Gasteiger partial charge in [0, 0.05) is 17.0 Å². The van der Waals surface area contributed by atoms with E-state index in [0.29, 0.717) is 0 Å². The van der Waals surface area contributed by atoms with Crippen LogP contribution in [0, 0.1) is 0 Å². The molecule has 0 unspecified atom stereocenters. The van der Waals surface area contributed by atoms with Gasteiger partial charge in [-0.2, -0.15) is 0 Å². The van der Waals surface area contributed by atoms with E-state index >= 15 is 0 Å². The zero-order valence-electron chi connectivity index (χ0n) is 9.42. The van der Waals surface area contributed by atoms with Gasteiger partial charge < -0.3 is 4.74 Å². The van der Waals surface area contributed by atoms with Crippen molar-refractivity contribution in [3.63, 3.8) is 0 Å². The van der Waals surface area contributed by atoms with E-state index in [1.54, 1.807) is 0 Å². The first-order valence-electron chi connectivity index (χ1n) is 5.67. The Labute approximate surface area is 90.3 Å². The summed E-state index contributed by atoms with van der Waals surface area (Å²) in [5.41, 5.74) is 1.21. The van der Waals surface area contributed by atoms with Gasteiger partial charge in [-0.3, -0.25) is 4.98 Å². The monoisotopic (exact) mass is 203 g/mol. The smallest absolute Gasteiger partial charge is 0.133 e. The number of fused-ring (bicyclic) bond motifs is 1. The second-order valence-corrected chi connectivity index (χ2v) is 3.68. The predicted octanol–water partition coefficient (Wildman–Crippen LogP) is 1.40. The van der Waals surface area contributed by atoms with Crippen molar-refractivity contribution < 1.29 is 4.74 Å². The average Bonchev–Trinajstić information content (AvgIpc) is 2.30. The molecule has 0 atom stereocenters. The lowest BCUT2D eigenvalue weighted by Gasteiger charge is -2.11. The second-order valence-electron chi connectivity index (χ2n) is 3.68. The number of ether oxygens (including phenoxy) is 1. The molecule has 0 aliphatic heterocycles. The molecule has 0 spiro atoms. The van der Waals surface area contributed by atoms with Gasteiger partial charge in [0.2, 0.25) is 0 Å². The molecular formula is C13H17NO. The number of rotatable bonds is 3. The fourth-order valence-corrected chi connectivity index (χ4v) is 1.94. The molecule has 1 aliphatic rings. The topological polar surface area (TPSA) is 22.1 Å². The van der Waals surface area contributed by atoms with Crippen LogP contribution in [0.4, 0.5) is 0 Å². The number of hydrogen-bond donors (Lipinski definition) is 0. The van der Waals surface area contributed by atoms with E-state index in [-0.39, 0.29) is 0 Å². The summed E-state index contributed by atoms with van der Waals surface area (Å²) in [6, 6.07) is 0. The Balaban J connectivity index is 2.66. The van der Waals surface area contributed by atoms with Crippen LogP contribution in [0.5, 0.6) is 5.75 Å². The Kier molecular flexibility index (Phi) is 3.05. The molecule has 2 heteroatoms. The van der Waals surface area contributed by atoms with Crippen LogP contribution in [0.15, 0.2) is 6.20 Å². The zero-order valence-corrected chi connectivity index (χ0v) is 9.42. The number of pyridine rings is 1. The van der Waals surface area contributed by atoms with Gasteiger partial charge in [-0.1, -0.05) is 19.1 Å². The zero-order chi connectivity index (χ0) is 10.7. The lowest BCUT2D eigenvalue weighted by Crippen LogP contribution is -2.32. The molecule has 0 radical (unpaired) electrons. The lowest BCUT2D eigenvalue weighted by atomic mass is 10.1. The number of hydrogen-bond acceptors (Lipinski definition) is 2. The van der Waals surface area contributed by atoms with Crippen molar-refractivity contribution in [3.8, 4) is 5.75 Å². The fraction of sp³-hybridized carbons (Fsp3) is 0.462. The van der Waals surface area contributed by atoms with Crippen LogP contribution in [0.2, 0.25) is 0 Å². The molecule has 0 N–H and O–H groups in total. The molecule has 2 rings (SSSR count). The summed E-state index contributed by atoms with van der Waals surface area (Å²) in [6.45, 7) is 4.88. The highest BCUT2D eigenvalue weighted by Gasteiger charge is 2.07. The quantitative estimate of drug-likeness (QED) is 0.740. The Morgan fingerprint density at radius 2 is 2.07 bits per heavy atom. The Morgan fingerprint density at radius 1 is 1.27 bits per heavy atom. The van der Waals surface area contributed by atoms with Crippen LogP contribution in [-0.2, 0) is 6.42 Å². The Bertz CT molecular complexity index is 462. The van der Waals surface area contributed by atoms with E-state index in [1.807, 2.05) is 13.1 Å². The summed E-state index contributed by atoms with van der Waals surface area (Å²) in [5.74, 6) is 1.04. The SMILES string of the molecule is CCOc1c(CC)cnc2c1=CCCC=2. The summed E-state index contributed by atoms with van der Waals surface area (Å²) in [7, 11) is 0. The minimum Gasteiger partial charge on any atom is -0.493 e. The van der Waals surface area contributed by atoms with Crippen LogP contribution < -0.4 is 15.3 Å². The van der Waals surface area contributed by atoms with E-state index in [1.165, 1.54) is 10.8 Å². The van der Waals surface area contributed by atoms with E-state index in [9.17, 15) is 0 Å². The van der Waals surface area contributed by atoms with E-state index in [0.717, 1.165) is 37.0 Å². The molecule has 0 saturated carbocycles. The van der Waals surface area contributed by atoms with Gasteiger partial charge in [-0.15, -0.1) is 0 Å². The van der Waals surface area contributed by atoms with Crippen molar-refractivity contribution in [3.05, 3.63) is 22.3 Å². The highest BCUT2D eigenvalue weighted by Crippen LogP contribution is 2.12. The summed E-state index contributed by atoms with van der Waals surface area (Å²) in [5, 5.41) is 2.28. The molecule has 0 saturated heterocycles. The number of aryl methyl sites for hydroxylation is 1. The van der Waals surface area contributed by atoms with Gasteiger partial charge in [-0.05, 0) is 26.2 Å². The molecule has 1 aromatic rings. The van der Waals surface area contributed by atoms with E-state index in [4.69, 9.17) is 4.74 Å². The average molecular weight is 203 g/mol. The van der Waals surface area contributed by atoms with Gasteiger partial charge in [-0.25, -0.2) is 0 Å². The summed E-state index contributed by atoms with van der Waals surface area (Å²) < 4.78 is 5.74. The van der Waals surface area contributed by atoms with Gasteiger partial charge in [0.05, 0.1) is 12.0 Å². The first-order valence-corrected chi connectivity index (χ1v) is 5.67. The minimum atomic E-state index is 0.720. The predicted molar refractivity (Wildman–Crippen MR) is 62.2 cm³/mol. The molecule has 2 nitrogen and oxygen atoms in total. The number of nitrogens with zero attached hydrogens (tertiary/aromatic N) is 1. The van der Waals surface area contributed by atoms with E-state index in [2.05, 4.69) is 24.1 Å². The maximum Gasteiger partial charge on any atom is 0.133 e. The Hall–Kier alpha value is -1.31. The van der Waals surface area contributed by atoms with Crippen LogP contribution >= 0.6 is 0 Å². The molecule has 80 valence electrons. The molecule has 15 heavy (non-hydrogen) atoms. The molecule has 0 aromatic carbocycles. The third-order valence-electron chi connectivity index (χ3n) is 2.69. The van der Waals surface area contributed by atoms with Crippen molar-refractivity contribution in [2.24, 2.45) is 0 Å². The summed E-state index contributed by atoms with van der Waals surface area (Å²) in [4.78, 5) is 4.47. The van der Waals surface area contributed by atoms with Crippen molar-refractivity contribution in [1.29, 1.82) is 0 Å². The lowest BCUT2D eigenvalue weighted by molar-refractivity contribution is 0.333. The largest absolute Gasteiger partial charge is 0.493 e. The van der Waals surface area contributed by atoms with Crippen LogP contribution in [-0.4, -0.2) is 11.6 Å². The first-order chi connectivity index (χ1) is 7.36. The molecule has 1 aliphatic carbocycles. The molecule has 1 aromatic heterocycles. The van der Waals surface area contributed by atoms with Crippen molar-refractivity contribution in [2.45, 2.75) is 33.1 Å². The molecule has 0 bridgehead atoms. The fourth-order valence-electron chi connectivity index (χ4n) is 1.94. The van der Waals surface area contributed by atoms with Crippen molar-refractivity contribution >= 4 is 12.2 Å². The molecule has 1 heterocycles. The number of aromatic nitrogens is 1. The van der Waals surface area contributed by atoms with Gasteiger partial charge in [0.25, 0.3) is 0 Å². The maximum atomic E-state index is 5.74. The summed E-state index contributed by atoms with van der Waals surface area (Å²) in [6.07, 6.45) is 9.55. The van der Waals surface area contributed by atoms with E-state index < -0.39 is 0 Å². The van der Waals surface area contributed by atoms with Gasteiger partial charge in [0.1, 0.15) is 5.75 Å². The molecule has 0 amide bonds. The maximum absolute atomic E-state index is 5.74. The third-order valence-corrected chi connectivity index (χ3v) is 2.69. The van der Waals surface area contributed by atoms with Crippen molar-refractivity contribution in [1.82, 2.24) is 4.98 Å². The molecule has 0 fully saturated rings. The van der Waals surface area contributed by atoms with Gasteiger partial charge >= 0.3 is 0 Å². The van der Waals surface area contributed by atoms with Crippen LogP contribution in [0.3, 0.4) is 0 Å². The third kappa shape index (κ3) is 1.89. The first kappa shape index (κ1) is 10.2. The van der Waals surface area contributed by atoms with Crippen LogP contribution in [0.25, 0.3) is 12.2 Å². The summed E-state index contributed by atoms with van der Waals surface area (Å²) >= 11 is 0. The second kappa shape index (κ2) is 4.47. The standard InChI is InChI=1S/C13H17NO/c1-3-10-9-14-12-8-6-5-7-11(12)13(10)15-4-2/h7-9H,3-6H2,1-2H3. The van der Waals surface area contributed by atoms with Crippen LogP contribution in [0.1, 0.15) is 32.3 Å². The van der Waals surface area contributed by atoms with Crippen molar-refractivity contribution in [2.75, 3.05) is 6.61 Å². The minimum absolute atomic E-state index is 0.720. The van der Waals surface area contributed by atoms with Gasteiger partial charge in [0.15, 0.2) is 0 Å². The highest BCUT2D eigenvalue weighted by atomic mass is 16.5. The normalized spacial score (nSPS) is 13.7. The Morgan fingerprint density at radius 3 is 2.80 bits per heavy atom.